The van der Waals surface area contributed by atoms with E-state index >= 15 is 0 Å². The summed E-state index contributed by atoms with van der Waals surface area (Å²) in [5.74, 6) is -1.02. The molecule has 3 N–H and O–H groups in total. The summed E-state index contributed by atoms with van der Waals surface area (Å²) in [5, 5.41) is 19.7. The van der Waals surface area contributed by atoms with Gasteiger partial charge >= 0.3 is 5.97 Å². The first-order chi connectivity index (χ1) is 7.90. The first kappa shape index (κ1) is 18.9. The lowest BCUT2D eigenvalue weighted by atomic mass is 10.1. The molecular weight excluding hydrogens is 266 g/mol. The molecule has 0 saturated heterocycles. The van der Waals surface area contributed by atoms with Gasteiger partial charge in [-0.15, -0.1) is 11.6 Å². The standard InChI is InChI=1S/C5H9ClO3.C5H11NOS/c1-3(5(8)9)4(7)2-6;1-2-5(7)6-3-4-8/h3-4,7H,2H2,1H3,(H,8,9);8H,2-4H2,1H3,(H,6,7)/t3-,4-;/m0./s1. The number of aliphatic hydroxyl groups is 1. The topological polar surface area (TPSA) is 86.6 Å². The van der Waals surface area contributed by atoms with Crippen LogP contribution in [0.15, 0.2) is 0 Å². The van der Waals surface area contributed by atoms with Crippen LogP contribution in [0.4, 0.5) is 0 Å². The van der Waals surface area contributed by atoms with Crippen molar-refractivity contribution < 1.29 is 19.8 Å². The summed E-state index contributed by atoms with van der Waals surface area (Å²) in [7, 11) is 0. The zero-order valence-electron chi connectivity index (χ0n) is 10.0. The Labute approximate surface area is 112 Å². The van der Waals surface area contributed by atoms with Gasteiger partial charge in [0, 0.05) is 24.6 Å². The number of halogens is 1. The molecule has 0 rings (SSSR count). The molecule has 0 bridgehead atoms. The van der Waals surface area contributed by atoms with Gasteiger partial charge in [0.05, 0.1) is 12.0 Å². The van der Waals surface area contributed by atoms with Crippen LogP contribution in [0.1, 0.15) is 20.3 Å². The number of carboxylic acid groups (broad SMARTS) is 1. The van der Waals surface area contributed by atoms with E-state index < -0.39 is 18.0 Å². The number of carbonyl (C=O) groups is 2. The van der Waals surface area contributed by atoms with Crippen LogP contribution in [0.5, 0.6) is 0 Å². The highest BCUT2D eigenvalue weighted by atomic mass is 35.5. The smallest absolute Gasteiger partial charge is 0.308 e. The number of thiol groups is 1. The summed E-state index contributed by atoms with van der Waals surface area (Å²) in [6.45, 7) is 3.92. The van der Waals surface area contributed by atoms with E-state index in [2.05, 4.69) is 17.9 Å². The van der Waals surface area contributed by atoms with Crippen molar-refractivity contribution in [1.82, 2.24) is 5.32 Å². The number of alkyl halides is 1. The van der Waals surface area contributed by atoms with Gasteiger partial charge in [0.25, 0.3) is 0 Å². The molecule has 0 spiro atoms. The summed E-state index contributed by atoms with van der Waals surface area (Å²) in [5.41, 5.74) is 0. The van der Waals surface area contributed by atoms with E-state index in [1.807, 2.05) is 6.92 Å². The van der Waals surface area contributed by atoms with Gasteiger partial charge in [-0.2, -0.15) is 12.6 Å². The van der Waals surface area contributed by atoms with Crippen LogP contribution in [0.25, 0.3) is 0 Å². The second-order valence-corrected chi connectivity index (χ2v) is 4.03. The van der Waals surface area contributed by atoms with Gasteiger partial charge in [-0.1, -0.05) is 6.92 Å². The lowest BCUT2D eigenvalue weighted by Crippen LogP contribution is -2.26. The fourth-order valence-electron chi connectivity index (χ4n) is 0.619. The van der Waals surface area contributed by atoms with Crippen molar-refractivity contribution in [3.8, 4) is 0 Å². The third kappa shape index (κ3) is 11.8. The van der Waals surface area contributed by atoms with Crippen molar-refractivity contribution in [2.24, 2.45) is 5.92 Å². The number of nitrogens with one attached hydrogen (secondary N) is 1. The monoisotopic (exact) mass is 285 g/mol. The van der Waals surface area contributed by atoms with Crippen LogP contribution in [0.3, 0.4) is 0 Å². The van der Waals surface area contributed by atoms with Gasteiger partial charge in [-0.05, 0) is 6.92 Å². The Kier molecular flexibility index (Phi) is 13.3. The first-order valence-corrected chi connectivity index (χ1v) is 6.41. The molecule has 0 heterocycles. The lowest BCUT2D eigenvalue weighted by molar-refractivity contribution is -0.144. The molecule has 17 heavy (non-hydrogen) atoms. The van der Waals surface area contributed by atoms with Crippen LogP contribution < -0.4 is 5.32 Å². The molecule has 1 amide bonds. The minimum atomic E-state index is -1.02. The van der Waals surface area contributed by atoms with Crippen LogP contribution in [-0.4, -0.2) is 46.4 Å². The Morgan fingerprint density at radius 1 is 1.47 bits per heavy atom. The summed E-state index contributed by atoms with van der Waals surface area (Å²) in [6, 6.07) is 0. The maximum atomic E-state index is 10.4. The van der Waals surface area contributed by atoms with Gasteiger partial charge in [0.1, 0.15) is 0 Å². The molecular formula is C10H20ClNO4S. The maximum Gasteiger partial charge on any atom is 0.308 e. The van der Waals surface area contributed by atoms with Crippen molar-refractivity contribution in [2.75, 3.05) is 18.2 Å². The quantitative estimate of drug-likeness (QED) is 0.428. The lowest BCUT2D eigenvalue weighted by Gasteiger charge is -2.09. The Morgan fingerprint density at radius 2 is 2.00 bits per heavy atom. The fourth-order valence-corrected chi connectivity index (χ4v) is 0.998. The molecule has 2 atom stereocenters. The first-order valence-electron chi connectivity index (χ1n) is 5.25. The Hall–Kier alpha value is -0.460. The summed E-state index contributed by atoms with van der Waals surface area (Å²) < 4.78 is 0. The molecule has 0 aromatic carbocycles. The second kappa shape index (κ2) is 12.0. The molecule has 102 valence electrons. The van der Waals surface area contributed by atoms with E-state index in [0.29, 0.717) is 18.7 Å². The highest BCUT2D eigenvalue weighted by molar-refractivity contribution is 7.80. The van der Waals surface area contributed by atoms with Crippen LogP contribution >= 0.6 is 24.2 Å². The predicted molar refractivity (Wildman–Crippen MR) is 70.7 cm³/mol. The van der Waals surface area contributed by atoms with Crippen molar-refractivity contribution in [3.05, 3.63) is 0 Å². The van der Waals surface area contributed by atoms with E-state index in [9.17, 15) is 9.59 Å². The molecule has 0 aliphatic rings. The number of rotatable bonds is 6. The number of hydrogen-bond acceptors (Lipinski definition) is 4. The predicted octanol–water partition coefficient (Wildman–Crippen LogP) is 0.749. The Morgan fingerprint density at radius 3 is 2.24 bits per heavy atom. The number of hydrogen-bond donors (Lipinski definition) is 4. The van der Waals surface area contributed by atoms with Gasteiger partial charge in [0.15, 0.2) is 0 Å². The number of amides is 1. The van der Waals surface area contributed by atoms with E-state index in [0.717, 1.165) is 0 Å². The molecule has 0 aromatic heterocycles. The van der Waals surface area contributed by atoms with Crippen molar-refractivity contribution in [2.45, 2.75) is 26.4 Å². The van der Waals surface area contributed by atoms with Gasteiger partial charge in [-0.25, -0.2) is 0 Å². The third-order valence-corrected chi connectivity index (χ3v) is 2.42. The largest absolute Gasteiger partial charge is 0.481 e. The Balaban J connectivity index is 0. The van der Waals surface area contributed by atoms with Gasteiger partial charge < -0.3 is 15.5 Å². The van der Waals surface area contributed by atoms with Crippen LogP contribution in [0.2, 0.25) is 0 Å². The average molecular weight is 286 g/mol. The van der Waals surface area contributed by atoms with E-state index in [-0.39, 0.29) is 11.8 Å². The molecule has 0 fully saturated rings. The molecule has 7 heteroatoms. The summed E-state index contributed by atoms with van der Waals surface area (Å²) in [6.07, 6.45) is -0.377. The molecule has 0 unspecified atom stereocenters. The number of carbonyl (C=O) groups excluding carboxylic acids is 1. The molecule has 0 radical (unpaired) electrons. The van der Waals surface area contributed by atoms with Gasteiger partial charge in [-0.3, -0.25) is 9.59 Å². The van der Waals surface area contributed by atoms with E-state index in [1.165, 1.54) is 6.92 Å². The highest BCUT2D eigenvalue weighted by Crippen LogP contribution is 2.03. The molecule has 5 nitrogen and oxygen atoms in total. The second-order valence-electron chi connectivity index (χ2n) is 3.28. The molecule has 0 aliphatic carbocycles. The minimum Gasteiger partial charge on any atom is -0.481 e. The number of aliphatic carboxylic acids is 1. The fraction of sp³-hybridized carbons (Fsp3) is 0.800. The van der Waals surface area contributed by atoms with E-state index in [1.54, 1.807) is 0 Å². The minimum absolute atomic E-state index is 0.0343. The van der Waals surface area contributed by atoms with Crippen molar-refractivity contribution in [1.29, 1.82) is 0 Å². The van der Waals surface area contributed by atoms with Gasteiger partial charge in [0.2, 0.25) is 5.91 Å². The summed E-state index contributed by atoms with van der Waals surface area (Å²) >= 11 is 9.10. The Bertz CT molecular complexity index is 228. The van der Waals surface area contributed by atoms with Crippen LogP contribution in [0, 0.1) is 5.92 Å². The van der Waals surface area contributed by atoms with E-state index in [4.69, 9.17) is 21.8 Å². The highest BCUT2D eigenvalue weighted by Gasteiger charge is 2.19. The zero-order valence-corrected chi connectivity index (χ0v) is 11.7. The van der Waals surface area contributed by atoms with Crippen molar-refractivity contribution in [3.63, 3.8) is 0 Å². The van der Waals surface area contributed by atoms with Crippen LogP contribution in [-0.2, 0) is 9.59 Å². The molecule has 0 aromatic rings. The molecule has 0 aliphatic heterocycles. The normalized spacial score (nSPS) is 13.0. The zero-order chi connectivity index (χ0) is 13.8. The summed E-state index contributed by atoms with van der Waals surface area (Å²) in [4.78, 5) is 20.5. The maximum absolute atomic E-state index is 10.4. The average Bonchev–Trinajstić information content (AvgIpc) is 2.34. The number of aliphatic hydroxyl groups excluding tert-OH is 1. The van der Waals surface area contributed by atoms with Crippen molar-refractivity contribution >= 4 is 36.1 Å². The number of carboxylic acids is 1. The molecule has 0 saturated carbocycles. The third-order valence-electron chi connectivity index (χ3n) is 1.88. The SMILES string of the molecule is CCC(=O)NCCS.C[C@H](C(=O)O)[C@@H](O)CCl.